The number of nitrogens with zero attached hydrogens (tertiary/aromatic N) is 3. The van der Waals surface area contributed by atoms with Gasteiger partial charge in [-0.15, -0.1) is 0 Å². The van der Waals surface area contributed by atoms with Crippen molar-refractivity contribution in [1.29, 1.82) is 0 Å². The summed E-state index contributed by atoms with van der Waals surface area (Å²) in [5.41, 5.74) is 6.86. The maximum atomic E-state index is 6.89. The monoisotopic (exact) mass is 611 g/mol. The van der Waals surface area contributed by atoms with Crippen molar-refractivity contribution in [3.8, 4) is 17.2 Å². The van der Waals surface area contributed by atoms with Gasteiger partial charge in [0.05, 0.1) is 22.2 Å². The van der Waals surface area contributed by atoms with Crippen LogP contribution in [0.5, 0.6) is 0 Å². The van der Waals surface area contributed by atoms with Crippen LogP contribution in [0.2, 0.25) is 0 Å². The first-order valence-corrected chi connectivity index (χ1v) is 16.3. The van der Waals surface area contributed by atoms with Crippen molar-refractivity contribution >= 4 is 87.0 Å². The van der Waals surface area contributed by atoms with Crippen LogP contribution in [0.15, 0.2) is 156 Å². The largest absolute Gasteiger partial charge is 0.455 e. The smallest absolute Gasteiger partial charge is 0.235 e. The second kappa shape index (κ2) is 9.50. The van der Waals surface area contributed by atoms with E-state index < -0.39 is 0 Å². The maximum Gasteiger partial charge on any atom is 0.235 e. The first-order chi connectivity index (χ1) is 23.8. The molecule has 0 aliphatic carbocycles. The summed E-state index contributed by atoms with van der Waals surface area (Å²) in [6, 6.07) is 53.4. The molecule has 0 bridgehead atoms. The third-order valence-corrected chi connectivity index (χ3v) is 9.96. The number of aromatic nitrogens is 3. The minimum absolute atomic E-state index is 0.645. The Labute approximate surface area is 274 Å². The Morgan fingerprint density at radius 1 is 0.417 bits per heavy atom. The highest BCUT2D eigenvalue weighted by molar-refractivity contribution is 6.37. The van der Waals surface area contributed by atoms with Crippen molar-refractivity contribution in [2.24, 2.45) is 0 Å². The lowest BCUT2D eigenvalue weighted by Gasteiger charge is -2.14. The number of fused-ring (bicyclic) bond motifs is 15. The lowest BCUT2D eigenvalue weighted by atomic mass is 9.98. The predicted molar refractivity (Wildman–Crippen MR) is 199 cm³/mol. The Hall–Kier alpha value is -6.52. The van der Waals surface area contributed by atoms with E-state index in [9.17, 15) is 0 Å². The molecule has 0 fully saturated rings. The van der Waals surface area contributed by atoms with Gasteiger partial charge in [-0.3, -0.25) is 4.57 Å². The molecule has 0 amide bonds. The number of benzene rings is 8. The number of hydrogen-bond donors (Lipinski definition) is 0. The molecule has 0 radical (unpaired) electrons. The van der Waals surface area contributed by atoms with Crippen LogP contribution in [0, 0.1) is 0 Å². The van der Waals surface area contributed by atoms with E-state index in [1.54, 1.807) is 0 Å². The van der Waals surface area contributed by atoms with E-state index in [-0.39, 0.29) is 0 Å². The summed E-state index contributed by atoms with van der Waals surface area (Å²) in [4.78, 5) is 10.9. The topological polar surface area (TPSA) is 43.9 Å². The first kappa shape index (κ1) is 25.6. The zero-order chi connectivity index (χ0) is 31.3. The molecule has 4 heteroatoms. The van der Waals surface area contributed by atoms with Gasteiger partial charge in [0.1, 0.15) is 11.2 Å². The molecule has 48 heavy (non-hydrogen) atoms. The summed E-state index contributed by atoms with van der Waals surface area (Å²) in [6.07, 6.45) is 0. The normalized spacial score (nSPS) is 12.2. The molecule has 0 N–H and O–H groups in total. The SMILES string of the molecule is c1ccc(-c2nc(-n3c4ccccc4c4c5c6ccc7ccccc7c6oc5c5ccccc5c43)nc3c2ccc2ccccc23)cc1. The molecule has 0 saturated heterocycles. The minimum Gasteiger partial charge on any atom is -0.455 e. The summed E-state index contributed by atoms with van der Waals surface area (Å²) in [5.74, 6) is 0.645. The zero-order valence-corrected chi connectivity index (χ0v) is 25.7. The molecule has 0 spiro atoms. The highest BCUT2D eigenvalue weighted by atomic mass is 16.3. The third kappa shape index (κ3) is 3.38. The fourth-order valence-electron chi connectivity index (χ4n) is 7.87. The van der Waals surface area contributed by atoms with E-state index in [1.807, 2.05) is 6.07 Å². The van der Waals surface area contributed by atoms with Crippen molar-refractivity contribution in [2.45, 2.75) is 0 Å². The van der Waals surface area contributed by atoms with Crippen LogP contribution in [-0.4, -0.2) is 14.5 Å². The van der Waals surface area contributed by atoms with Gasteiger partial charge in [-0.2, -0.15) is 0 Å². The van der Waals surface area contributed by atoms with E-state index in [1.165, 1.54) is 0 Å². The van der Waals surface area contributed by atoms with Crippen LogP contribution in [0.1, 0.15) is 0 Å². The lowest BCUT2D eigenvalue weighted by molar-refractivity contribution is 0.676. The van der Waals surface area contributed by atoms with Crippen molar-refractivity contribution < 1.29 is 4.42 Å². The standard InChI is InChI=1S/C44H25N3O/c1-2-14-28(15-3-1)39-35-25-23-26-12-4-6-16-29(26)40(35)46-44(45-39)47-36-21-11-10-20-33(36)37-38-34-24-22-27-13-5-7-17-30(27)42(34)48-43(38)32-19-9-8-18-31(32)41(37)47/h1-25H. The predicted octanol–water partition coefficient (Wildman–Crippen LogP) is 11.8. The zero-order valence-electron chi connectivity index (χ0n) is 25.7. The van der Waals surface area contributed by atoms with E-state index >= 15 is 0 Å². The van der Waals surface area contributed by atoms with Crippen LogP contribution in [0.3, 0.4) is 0 Å². The number of hydrogen-bond acceptors (Lipinski definition) is 3. The molecule has 3 aromatic heterocycles. The van der Waals surface area contributed by atoms with Crippen LogP contribution in [0.4, 0.5) is 0 Å². The van der Waals surface area contributed by atoms with Gasteiger partial charge in [-0.05, 0) is 29.0 Å². The number of rotatable bonds is 2. The van der Waals surface area contributed by atoms with Gasteiger partial charge < -0.3 is 4.42 Å². The lowest BCUT2D eigenvalue weighted by Crippen LogP contribution is -2.04. The fraction of sp³-hybridized carbons (Fsp3) is 0. The highest BCUT2D eigenvalue weighted by Gasteiger charge is 2.25. The van der Waals surface area contributed by atoms with Crippen molar-refractivity contribution in [2.75, 3.05) is 0 Å². The van der Waals surface area contributed by atoms with Crippen molar-refractivity contribution in [1.82, 2.24) is 14.5 Å². The number of furan rings is 1. The molecular formula is C44H25N3O. The molecule has 3 heterocycles. The molecule has 0 atom stereocenters. The van der Waals surface area contributed by atoms with Crippen molar-refractivity contribution in [3.63, 3.8) is 0 Å². The molecule has 0 aliphatic heterocycles. The summed E-state index contributed by atoms with van der Waals surface area (Å²) in [5, 5.41) is 12.3. The molecule has 222 valence electrons. The molecule has 4 nitrogen and oxygen atoms in total. The minimum atomic E-state index is 0.645. The molecule has 11 aromatic rings. The third-order valence-electron chi connectivity index (χ3n) is 9.96. The van der Waals surface area contributed by atoms with Crippen molar-refractivity contribution in [3.05, 3.63) is 152 Å². The Bertz CT molecular complexity index is 3120. The summed E-state index contributed by atoms with van der Waals surface area (Å²) in [7, 11) is 0. The van der Waals surface area contributed by atoms with Gasteiger partial charge in [-0.25, -0.2) is 9.97 Å². The van der Waals surface area contributed by atoms with Gasteiger partial charge in [-0.1, -0.05) is 133 Å². The second-order valence-corrected chi connectivity index (χ2v) is 12.5. The Morgan fingerprint density at radius 2 is 1.04 bits per heavy atom. The average molecular weight is 612 g/mol. The first-order valence-electron chi connectivity index (χ1n) is 16.3. The van der Waals surface area contributed by atoms with Gasteiger partial charge in [0, 0.05) is 54.0 Å². The Balaban J connectivity index is 1.38. The molecule has 0 unspecified atom stereocenters. The van der Waals surface area contributed by atoms with Crippen LogP contribution < -0.4 is 0 Å². The fourth-order valence-corrected chi connectivity index (χ4v) is 7.87. The van der Waals surface area contributed by atoms with Crippen LogP contribution in [0.25, 0.3) is 104 Å². The average Bonchev–Trinajstić information content (AvgIpc) is 3.72. The van der Waals surface area contributed by atoms with E-state index in [4.69, 9.17) is 14.4 Å². The van der Waals surface area contributed by atoms with E-state index in [2.05, 4.69) is 150 Å². The quantitative estimate of drug-likeness (QED) is 0.183. The van der Waals surface area contributed by atoms with Crippen LogP contribution >= 0.6 is 0 Å². The summed E-state index contributed by atoms with van der Waals surface area (Å²) in [6.45, 7) is 0. The number of para-hydroxylation sites is 1. The van der Waals surface area contributed by atoms with Gasteiger partial charge in [0.15, 0.2) is 0 Å². The van der Waals surface area contributed by atoms with Gasteiger partial charge in [0.25, 0.3) is 0 Å². The molecular weight excluding hydrogens is 587 g/mol. The molecule has 0 saturated carbocycles. The molecule has 8 aromatic carbocycles. The second-order valence-electron chi connectivity index (χ2n) is 12.5. The molecule has 11 rings (SSSR count). The summed E-state index contributed by atoms with van der Waals surface area (Å²) < 4.78 is 9.17. The van der Waals surface area contributed by atoms with E-state index in [0.29, 0.717) is 5.95 Å². The van der Waals surface area contributed by atoms with Crippen LogP contribution in [-0.2, 0) is 0 Å². The summed E-state index contributed by atoms with van der Waals surface area (Å²) >= 11 is 0. The Kier molecular flexibility index (Phi) is 5.08. The van der Waals surface area contributed by atoms with Gasteiger partial charge in [0.2, 0.25) is 5.95 Å². The Morgan fingerprint density at radius 3 is 1.85 bits per heavy atom. The van der Waals surface area contributed by atoms with E-state index in [0.717, 1.165) is 98.2 Å². The highest BCUT2D eigenvalue weighted by Crippen LogP contribution is 2.47. The van der Waals surface area contributed by atoms with Gasteiger partial charge >= 0.3 is 0 Å². The molecule has 0 aliphatic rings. The maximum absolute atomic E-state index is 6.89.